The second-order valence-corrected chi connectivity index (χ2v) is 8.48. The number of furan rings is 1. The summed E-state index contributed by atoms with van der Waals surface area (Å²) < 4.78 is 10.3. The molecule has 0 radical (unpaired) electrons. The Kier molecular flexibility index (Phi) is 7.23. The average Bonchev–Trinajstić information content (AvgIpc) is 3.27. The number of β-lactam (4-membered cyclic amide) rings is 1. The summed E-state index contributed by atoms with van der Waals surface area (Å²) in [7, 11) is 1.29. The molecule has 32 heavy (non-hydrogen) atoms. The zero-order chi connectivity index (χ0) is 23.4. The quantitative estimate of drug-likeness (QED) is 0.315. The molecule has 1 saturated heterocycles. The molecule has 172 valence electrons. The van der Waals surface area contributed by atoms with Gasteiger partial charge >= 0.3 is 12.1 Å². The molecule has 0 saturated carbocycles. The first-order valence-electron chi connectivity index (χ1n) is 9.76. The Balaban J connectivity index is 1.72. The predicted molar refractivity (Wildman–Crippen MR) is 113 cm³/mol. The van der Waals surface area contributed by atoms with Gasteiger partial charge in [0.05, 0.1) is 17.6 Å². The molecule has 2 atom stereocenters. The second kappa shape index (κ2) is 9.90. The number of fused-ring (bicyclic) bond motifs is 1. The number of hydrogen-bond donors (Lipinski definition) is 2. The number of ether oxygens (including phenoxy) is 1. The topological polar surface area (TPSA) is 148 Å². The summed E-state index contributed by atoms with van der Waals surface area (Å²) in [6.45, 7) is 3.27. The van der Waals surface area contributed by atoms with Crippen LogP contribution in [-0.2, 0) is 24.0 Å². The molecule has 2 N–H and O–H groups in total. The summed E-state index contributed by atoms with van der Waals surface area (Å²) in [5, 5.41) is 15.4. The minimum atomic E-state index is -1.30. The number of carboxylic acid groups (broad SMARTS) is 1. The molecule has 0 aliphatic carbocycles. The zero-order valence-corrected chi connectivity index (χ0v) is 18.5. The molecule has 11 nitrogen and oxygen atoms in total. The van der Waals surface area contributed by atoms with Gasteiger partial charge in [0.1, 0.15) is 19.4 Å². The SMILES string of the molecule is CO/N=C(\C(=O)C[C@@H]1C(=O)N2C(C(=O)O)=C(COC(=O)NC(C)C)CS[C@H]12)c1ccco1. The van der Waals surface area contributed by atoms with E-state index in [1.54, 1.807) is 26.0 Å². The largest absolute Gasteiger partial charge is 0.477 e. The number of rotatable bonds is 9. The molecule has 0 bridgehead atoms. The second-order valence-electron chi connectivity index (χ2n) is 7.38. The van der Waals surface area contributed by atoms with Crippen molar-refractivity contribution in [3.63, 3.8) is 0 Å². The zero-order valence-electron chi connectivity index (χ0n) is 17.7. The van der Waals surface area contributed by atoms with Gasteiger partial charge in [0.15, 0.2) is 17.3 Å². The first-order valence-corrected chi connectivity index (χ1v) is 10.8. The number of alkyl carbamates (subject to hydrolysis) is 1. The highest BCUT2D eigenvalue weighted by Gasteiger charge is 2.54. The third-order valence-electron chi connectivity index (χ3n) is 4.75. The number of aliphatic carboxylic acids is 1. The molecule has 3 rings (SSSR count). The third-order valence-corrected chi connectivity index (χ3v) is 6.15. The van der Waals surface area contributed by atoms with Gasteiger partial charge in [0.25, 0.3) is 0 Å². The molecule has 1 aromatic rings. The number of ketones is 1. The lowest BCUT2D eigenvalue weighted by atomic mass is 9.89. The maximum atomic E-state index is 12.8. The third kappa shape index (κ3) is 4.79. The smallest absolute Gasteiger partial charge is 0.407 e. The molecule has 12 heteroatoms. The van der Waals surface area contributed by atoms with Crippen LogP contribution in [0.2, 0.25) is 0 Å². The van der Waals surface area contributed by atoms with Crippen LogP contribution < -0.4 is 5.32 Å². The van der Waals surface area contributed by atoms with Gasteiger partial charge in [-0.3, -0.25) is 14.5 Å². The summed E-state index contributed by atoms with van der Waals surface area (Å²) in [5.74, 6) is -2.51. The number of amides is 2. The highest BCUT2D eigenvalue weighted by atomic mass is 32.2. The minimum absolute atomic E-state index is 0.0520. The number of nitrogens with zero attached hydrogens (tertiary/aromatic N) is 2. The fourth-order valence-electron chi connectivity index (χ4n) is 3.39. The lowest BCUT2D eigenvalue weighted by Gasteiger charge is -2.49. The minimum Gasteiger partial charge on any atom is -0.477 e. The van der Waals surface area contributed by atoms with Gasteiger partial charge in [0.2, 0.25) is 5.91 Å². The Labute approximate surface area is 187 Å². The van der Waals surface area contributed by atoms with Crippen LogP contribution in [0.1, 0.15) is 26.0 Å². The summed E-state index contributed by atoms with van der Waals surface area (Å²) in [5.41, 5.74) is 0.0495. The van der Waals surface area contributed by atoms with Crippen LogP contribution in [0.3, 0.4) is 0 Å². The van der Waals surface area contributed by atoms with Crippen molar-refractivity contribution in [2.24, 2.45) is 11.1 Å². The number of thioether (sulfide) groups is 1. The highest BCUT2D eigenvalue weighted by molar-refractivity contribution is 8.00. The van der Waals surface area contributed by atoms with Crippen molar-refractivity contribution in [3.05, 3.63) is 35.4 Å². The van der Waals surface area contributed by atoms with E-state index in [2.05, 4.69) is 10.5 Å². The molecular formula is C20H23N3O8S. The number of carbonyl (C=O) groups is 4. The lowest BCUT2D eigenvalue weighted by molar-refractivity contribution is -0.153. The molecular weight excluding hydrogens is 442 g/mol. The van der Waals surface area contributed by atoms with Gasteiger partial charge in [-0.1, -0.05) is 5.16 Å². The van der Waals surface area contributed by atoms with E-state index in [0.717, 1.165) is 4.90 Å². The van der Waals surface area contributed by atoms with Gasteiger partial charge in [0, 0.05) is 23.8 Å². The van der Waals surface area contributed by atoms with Crippen molar-refractivity contribution in [2.45, 2.75) is 31.7 Å². The molecule has 0 aromatic carbocycles. The van der Waals surface area contributed by atoms with E-state index in [0.29, 0.717) is 5.57 Å². The van der Waals surface area contributed by atoms with E-state index >= 15 is 0 Å². The van der Waals surface area contributed by atoms with Crippen molar-refractivity contribution >= 4 is 41.2 Å². The van der Waals surface area contributed by atoms with E-state index in [4.69, 9.17) is 14.0 Å². The van der Waals surface area contributed by atoms with Gasteiger partial charge in [-0.25, -0.2) is 9.59 Å². The number of carboxylic acids is 1. The van der Waals surface area contributed by atoms with Crippen molar-refractivity contribution in [3.8, 4) is 0 Å². The molecule has 0 spiro atoms. The van der Waals surface area contributed by atoms with Crippen LogP contribution in [0.15, 0.2) is 39.2 Å². The molecule has 1 fully saturated rings. The summed E-state index contributed by atoms with van der Waals surface area (Å²) in [6.07, 6.45) is 0.534. The lowest BCUT2D eigenvalue weighted by Crippen LogP contribution is -2.62. The van der Waals surface area contributed by atoms with E-state index in [1.807, 2.05) is 0 Å². The fourth-order valence-corrected chi connectivity index (χ4v) is 4.79. The van der Waals surface area contributed by atoms with Crippen molar-refractivity contribution in [2.75, 3.05) is 19.5 Å². The fraction of sp³-hybridized carbons (Fsp3) is 0.450. The monoisotopic (exact) mass is 465 g/mol. The van der Waals surface area contributed by atoms with Crippen LogP contribution in [0, 0.1) is 5.92 Å². The Morgan fingerprint density at radius 3 is 2.75 bits per heavy atom. The Morgan fingerprint density at radius 2 is 2.16 bits per heavy atom. The highest BCUT2D eigenvalue weighted by Crippen LogP contribution is 2.45. The van der Waals surface area contributed by atoms with Crippen LogP contribution in [0.5, 0.6) is 0 Å². The van der Waals surface area contributed by atoms with Gasteiger partial charge in [-0.2, -0.15) is 0 Å². The molecule has 2 aliphatic heterocycles. The molecule has 2 aliphatic rings. The first kappa shape index (κ1) is 23.4. The van der Waals surface area contributed by atoms with E-state index in [1.165, 1.54) is 25.1 Å². The van der Waals surface area contributed by atoms with E-state index < -0.39 is 35.0 Å². The summed E-state index contributed by atoms with van der Waals surface area (Å²) in [4.78, 5) is 55.0. The van der Waals surface area contributed by atoms with Crippen LogP contribution in [-0.4, -0.2) is 70.4 Å². The van der Waals surface area contributed by atoms with Crippen molar-refractivity contribution in [1.29, 1.82) is 0 Å². The Bertz CT molecular complexity index is 969. The molecule has 1 aromatic heterocycles. The molecule has 3 heterocycles. The number of nitrogens with one attached hydrogen (secondary N) is 1. The molecule has 0 unspecified atom stereocenters. The maximum absolute atomic E-state index is 12.8. The van der Waals surface area contributed by atoms with E-state index in [9.17, 15) is 24.3 Å². The summed E-state index contributed by atoms with van der Waals surface area (Å²) >= 11 is 1.31. The van der Waals surface area contributed by atoms with Gasteiger partial charge in [-0.15, -0.1) is 11.8 Å². The average molecular weight is 465 g/mol. The molecule has 2 amide bonds. The predicted octanol–water partition coefficient (Wildman–Crippen LogP) is 1.59. The van der Waals surface area contributed by atoms with Crippen LogP contribution >= 0.6 is 11.8 Å². The Hall–Kier alpha value is -3.28. The Morgan fingerprint density at radius 1 is 1.41 bits per heavy atom. The normalized spacial score (nSPS) is 20.6. The van der Waals surface area contributed by atoms with Crippen LogP contribution in [0.25, 0.3) is 0 Å². The van der Waals surface area contributed by atoms with Gasteiger partial charge < -0.3 is 24.4 Å². The number of oxime groups is 1. The summed E-state index contributed by atoms with van der Waals surface area (Å²) in [6, 6.07) is 3.01. The van der Waals surface area contributed by atoms with Crippen LogP contribution in [0.4, 0.5) is 4.79 Å². The van der Waals surface area contributed by atoms with Gasteiger partial charge in [-0.05, 0) is 26.0 Å². The first-order chi connectivity index (χ1) is 15.2. The number of hydrogen-bond acceptors (Lipinski definition) is 9. The van der Waals surface area contributed by atoms with Crippen molar-refractivity contribution < 1.29 is 38.3 Å². The number of carbonyl (C=O) groups excluding carboxylic acids is 3. The van der Waals surface area contributed by atoms with E-state index in [-0.39, 0.29) is 42.0 Å². The van der Waals surface area contributed by atoms with Crippen molar-refractivity contribution in [1.82, 2.24) is 10.2 Å². The standard InChI is InChI=1S/C20H23N3O8S/c1-10(2)21-20(28)31-8-11-9-32-18-12(17(25)23(18)16(11)19(26)27)7-13(24)15(22-29-3)14-5-4-6-30-14/h4-6,10,12,18H,7-9H2,1-3H3,(H,21,28)(H,26,27)/b22-15+/t12-,18-/m1/s1. The number of Topliss-reactive ketones (excluding diaryl/α,β-unsaturated/α-hetero) is 1. The maximum Gasteiger partial charge on any atom is 0.407 e.